The van der Waals surface area contributed by atoms with E-state index in [4.69, 9.17) is 5.11 Å². The molecule has 1 fully saturated rings. The van der Waals surface area contributed by atoms with Crippen LogP contribution in [0, 0.1) is 0 Å². The summed E-state index contributed by atoms with van der Waals surface area (Å²) in [4.78, 5) is 10.8. The van der Waals surface area contributed by atoms with Crippen LogP contribution in [-0.2, 0) is 16.8 Å². The Hall–Kier alpha value is -1.36. The van der Waals surface area contributed by atoms with Crippen LogP contribution in [-0.4, -0.2) is 32.1 Å². The van der Waals surface area contributed by atoms with E-state index in [0.717, 1.165) is 6.54 Å². The van der Waals surface area contributed by atoms with Gasteiger partial charge in [-0.1, -0.05) is 0 Å². The molecule has 1 aliphatic rings. The van der Waals surface area contributed by atoms with Crippen molar-refractivity contribution in [2.75, 3.05) is 0 Å². The zero-order valence-electron chi connectivity index (χ0n) is 8.55. The van der Waals surface area contributed by atoms with Crippen LogP contribution in [0.3, 0.4) is 0 Å². The Bertz CT molecular complexity index is 382. The average molecular weight is 210 g/mol. The minimum Gasteiger partial charge on any atom is -0.479 e. The molecule has 2 rings (SSSR count). The summed E-state index contributed by atoms with van der Waals surface area (Å²) >= 11 is 0. The van der Waals surface area contributed by atoms with Crippen molar-refractivity contribution in [2.24, 2.45) is 0 Å². The topological polar surface area (TPSA) is 75.4 Å². The second kappa shape index (κ2) is 3.34. The molecule has 5 heteroatoms. The average Bonchev–Trinajstić information content (AvgIpc) is 2.88. The lowest BCUT2D eigenvalue weighted by atomic mass is 9.95. The van der Waals surface area contributed by atoms with Gasteiger partial charge in [-0.05, 0) is 25.8 Å². The normalized spacial score (nSPS) is 19.9. The monoisotopic (exact) mass is 210 g/mol. The van der Waals surface area contributed by atoms with E-state index in [0.29, 0.717) is 18.5 Å². The first-order chi connectivity index (χ1) is 7.10. The number of aliphatic hydroxyl groups is 1. The van der Waals surface area contributed by atoms with Gasteiger partial charge in [-0.25, -0.2) is 4.79 Å². The second-order valence-electron chi connectivity index (χ2n) is 3.95. The summed E-state index contributed by atoms with van der Waals surface area (Å²) in [5, 5.41) is 22.7. The maximum Gasteiger partial charge on any atom is 0.333 e. The number of carbonyl (C=O) groups is 1. The molecule has 5 nitrogen and oxygen atoms in total. The van der Waals surface area contributed by atoms with Crippen LogP contribution >= 0.6 is 0 Å². The summed E-state index contributed by atoms with van der Waals surface area (Å²) in [6, 6.07) is 1.79. The largest absolute Gasteiger partial charge is 0.479 e. The molecule has 0 radical (unpaired) electrons. The first-order valence-electron chi connectivity index (χ1n) is 5.05. The number of aliphatic carboxylic acids is 1. The minimum absolute atomic E-state index is 0.633. The highest BCUT2D eigenvalue weighted by molar-refractivity contribution is 5.75. The van der Waals surface area contributed by atoms with Crippen LogP contribution in [0.4, 0.5) is 0 Å². The molecule has 1 heterocycles. The minimum atomic E-state index is -1.34. The van der Waals surface area contributed by atoms with Crippen molar-refractivity contribution in [3.8, 4) is 0 Å². The number of aromatic nitrogens is 2. The molecule has 1 aromatic heterocycles. The van der Waals surface area contributed by atoms with E-state index in [-0.39, 0.29) is 0 Å². The second-order valence-corrected chi connectivity index (χ2v) is 3.95. The van der Waals surface area contributed by atoms with Gasteiger partial charge in [0.15, 0.2) is 6.10 Å². The van der Waals surface area contributed by atoms with E-state index in [9.17, 15) is 9.90 Å². The highest BCUT2D eigenvalue weighted by atomic mass is 16.4. The van der Waals surface area contributed by atoms with Gasteiger partial charge in [0.2, 0.25) is 0 Å². The fraction of sp³-hybridized carbons (Fsp3) is 0.600. The molecule has 1 aliphatic carbocycles. The molecule has 0 amide bonds. The number of aliphatic hydroxyl groups excluding tert-OH is 1. The van der Waals surface area contributed by atoms with Crippen molar-refractivity contribution in [2.45, 2.75) is 37.8 Å². The molecule has 0 saturated heterocycles. The third-order valence-corrected chi connectivity index (χ3v) is 3.02. The summed E-state index contributed by atoms with van der Waals surface area (Å²) in [5.74, 6) is -1.17. The molecule has 0 aliphatic heterocycles. The highest BCUT2D eigenvalue weighted by Crippen LogP contribution is 2.50. The number of hydrogen-bond donors (Lipinski definition) is 2. The van der Waals surface area contributed by atoms with Gasteiger partial charge < -0.3 is 10.2 Å². The number of carboxylic acid groups (broad SMARTS) is 1. The maximum atomic E-state index is 10.8. The van der Waals surface area contributed by atoms with Crippen LogP contribution in [0.2, 0.25) is 0 Å². The number of carboxylic acids is 1. The first kappa shape index (κ1) is 10.2. The van der Waals surface area contributed by atoms with Crippen molar-refractivity contribution in [1.29, 1.82) is 0 Å². The predicted molar refractivity (Wildman–Crippen MR) is 52.5 cm³/mol. The molecule has 1 aromatic rings. The van der Waals surface area contributed by atoms with E-state index < -0.39 is 17.5 Å². The number of hydrogen-bond acceptors (Lipinski definition) is 3. The SMILES string of the molecule is CCn1ccc(C2(C(O)C(=O)O)CC2)n1. The summed E-state index contributed by atoms with van der Waals surface area (Å²) in [7, 11) is 0. The summed E-state index contributed by atoms with van der Waals surface area (Å²) in [5.41, 5.74) is 0.0611. The Morgan fingerprint density at radius 3 is 2.80 bits per heavy atom. The summed E-state index contributed by atoms with van der Waals surface area (Å²) < 4.78 is 1.74. The summed E-state index contributed by atoms with van der Waals surface area (Å²) in [6.45, 7) is 2.71. The van der Waals surface area contributed by atoms with Gasteiger partial charge in [-0.15, -0.1) is 0 Å². The molecule has 0 bridgehead atoms. The van der Waals surface area contributed by atoms with Gasteiger partial charge >= 0.3 is 5.97 Å². The van der Waals surface area contributed by atoms with E-state index in [1.54, 1.807) is 10.7 Å². The van der Waals surface area contributed by atoms with Gasteiger partial charge in [-0.3, -0.25) is 4.68 Å². The molecule has 15 heavy (non-hydrogen) atoms. The molecule has 2 N–H and O–H groups in total. The van der Waals surface area contributed by atoms with Crippen LogP contribution in [0.5, 0.6) is 0 Å². The van der Waals surface area contributed by atoms with Gasteiger partial charge in [-0.2, -0.15) is 5.10 Å². The zero-order valence-corrected chi connectivity index (χ0v) is 8.55. The Morgan fingerprint density at radius 1 is 1.73 bits per heavy atom. The Balaban J connectivity index is 2.26. The molecule has 0 spiro atoms. The lowest BCUT2D eigenvalue weighted by molar-refractivity contribution is -0.148. The Labute approximate surface area is 87.3 Å². The number of nitrogens with zero attached hydrogens (tertiary/aromatic N) is 2. The lowest BCUT2D eigenvalue weighted by Crippen LogP contribution is -2.34. The third-order valence-electron chi connectivity index (χ3n) is 3.02. The van der Waals surface area contributed by atoms with E-state index in [2.05, 4.69) is 5.10 Å². The molecular formula is C10H14N2O3. The zero-order chi connectivity index (χ0) is 11.1. The first-order valence-corrected chi connectivity index (χ1v) is 5.05. The number of rotatable bonds is 4. The Kier molecular flexibility index (Phi) is 2.26. The molecule has 0 aromatic carbocycles. The van der Waals surface area contributed by atoms with Crippen molar-refractivity contribution in [1.82, 2.24) is 9.78 Å². The van der Waals surface area contributed by atoms with Crippen molar-refractivity contribution >= 4 is 5.97 Å². The van der Waals surface area contributed by atoms with Crippen molar-refractivity contribution in [3.05, 3.63) is 18.0 Å². The highest BCUT2D eigenvalue weighted by Gasteiger charge is 2.55. The van der Waals surface area contributed by atoms with E-state index in [1.807, 2.05) is 13.1 Å². The van der Waals surface area contributed by atoms with E-state index >= 15 is 0 Å². The third kappa shape index (κ3) is 1.52. The van der Waals surface area contributed by atoms with Gasteiger partial charge in [0.1, 0.15) is 0 Å². The van der Waals surface area contributed by atoms with Crippen molar-refractivity contribution in [3.63, 3.8) is 0 Å². The van der Waals surface area contributed by atoms with Gasteiger partial charge in [0.25, 0.3) is 0 Å². The van der Waals surface area contributed by atoms with Crippen LogP contribution in [0.1, 0.15) is 25.5 Å². The molecule has 1 unspecified atom stereocenters. The van der Waals surface area contributed by atoms with Crippen molar-refractivity contribution < 1.29 is 15.0 Å². The quantitative estimate of drug-likeness (QED) is 0.753. The molecule has 1 saturated carbocycles. The maximum absolute atomic E-state index is 10.8. The van der Waals surface area contributed by atoms with Crippen LogP contribution in [0.25, 0.3) is 0 Å². The number of aryl methyl sites for hydroxylation is 1. The van der Waals surface area contributed by atoms with Crippen LogP contribution in [0.15, 0.2) is 12.3 Å². The van der Waals surface area contributed by atoms with E-state index in [1.165, 1.54) is 0 Å². The lowest BCUT2D eigenvalue weighted by Gasteiger charge is -2.15. The van der Waals surface area contributed by atoms with Gasteiger partial charge in [0.05, 0.1) is 11.1 Å². The smallest absolute Gasteiger partial charge is 0.333 e. The molecule has 82 valence electrons. The standard InChI is InChI=1S/C10H14N2O3/c1-2-12-6-3-7(11-12)10(4-5-10)8(13)9(14)15/h3,6,8,13H,2,4-5H2,1H3,(H,14,15). The predicted octanol–water partition coefficient (Wildman–Crippen LogP) is 0.380. The van der Waals surface area contributed by atoms with Crippen LogP contribution < -0.4 is 0 Å². The fourth-order valence-electron chi connectivity index (χ4n) is 1.84. The van der Waals surface area contributed by atoms with Gasteiger partial charge in [0, 0.05) is 12.7 Å². The summed E-state index contributed by atoms with van der Waals surface area (Å²) in [6.07, 6.45) is 1.87. The molecule has 1 atom stereocenters. The Morgan fingerprint density at radius 2 is 2.40 bits per heavy atom. The fourth-order valence-corrected chi connectivity index (χ4v) is 1.84. The molecular weight excluding hydrogens is 196 g/mol.